The van der Waals surface area contributed by atoms with Crippen molar-refractivity contribution in [3.8, 4) is 0 Å². The van der Waals surface area contributed by atoms with E-state index in [0.29, 0.717) is 24.4 Å². The topological polar surface area (TPSA) is 101 Å². The first-order valence-electron chi connectivity index (χ1n) is 9.14. The Kier molecular flexibility index (Phi) is 5.02. The highest BCUT2D eigenvalue weighted by Crippen LogP contribution is 2.29. The zero-order valence-electron chi connectivity index (χ0n) is 16.5. The van der Waals surface area contributed by atoms with Gasteiger partial charge in [-0.05, 0) is 32.8 Å². The Bertz CT molecular complexity index is 981. The lowest BCUT2D eigenvalue weighted by Gasteiger charge is -2.25. The summed E-state index contributed by atoms with van der Waals surface area (Å²) in [5, 5.41) is 11.2. The molecule has 0 aromatic carbocycles. The Morgan fingerprint density at radius 3 is 2.56 bits per heavy atom. The van der Waals surface area contributed by atoms with Gasteiger partial charge in [0.1, 0.15) is 4.90 Å². The Morgan fingerprint density at radius 2 is 1.96 bits per heavy atom. The van der Waals surface area contributed by atoms with Crippen molar-refractivity contribution in [1.29, 1.82) is 0 Å². The van der Waals surface area contributed by atoms with Crippen molar-refractivity contribution >= 4 is 10.0 Å². The van der Waals surface area contributed by atoms with Crippen LogP contribution in [-0.4, -0.2) is 45.3 Å². The van der Waals surface area contributed by atoms with Crippen LogP contribution in [0.5, 0.6) is 0 Å². The van der Waals surface area contributed by atoms with Crippen LogP contribution in [0.15, 0.2) is 21.8 Å². The van der Waals surface area contributed by atoms with Crippen LogP contribution in [-0.2, 0) is 22.0 Å². The summed E-state index contributed by atoms with van der Waals surface area (Å²) in [6.07, 6.45) is 1.45. The first-order chi connectivity index (χ1) is 12.5. The van der Waals surface area contributed by atoms with Gasteiger partial charge in [-0.3, -0.25) is 9.89 Å². The fourth-order valence-electron chi connectivity index (χ4n) is 3.53. The second-order valence-electron chi connectivity index (χ2n) is 8.16. The summed E-state index contributed by atoms with van der Waals surface area (Å²) < 4.78 is 29.3. The van der Waals surface area contributed by atoms with E-state index in [1.54, 1.807) is 19.9 Å². The third-order valence-electron chi connectivity index (χ3n) is 4.97. The monoisotopic (exact) mass is 393 g/mol. The lowest BCUT2D eigenvalue weighted by Crippen LogP contribution is -2.41. The number of nitrogens with zero attached hydrogens (tertiary/aromatic N) is 4. The molecule has 27 heavy (non-hydrogen) atoms. The highest BCUT2D eigenvalue weighted by atomic mass is 32.2. The molecule has 0 aliphatic carbocycles. The molecule has 1 fully saturated rings. The van der Waals surface area contributed by atoms with Crippen molar-refractivity contribution in [3.63, 3.8) is 0 Å². The summed E-state index contributed by atoms with van der Waals surface area (Å²) in [5.74, 6) is 0. The number of nitrogens with one attached hydrogen (secondary N) is 1. The van der Waals surface area contributed by atoms with Gasteiger partial charge < -0.3 is 0 Å². The molecule has 0 saturated carbocycles. The quantitative estimate of drug-likeness (QED) is 0.852. The van der Waals surface area contributed by atoms with Crippen LogP contribution in [0.25, 0.3) is 0 Å². The SMILES string of the molecule is Cc1n[nH]c(C)c1S(=O)(=O)N1CCCC1Cn1nc(C(C)(C)C)ccc1=O. The van der Waals surface area contributed by atoms with Crippen LogP contribution in [0.1, 0.15) is 50.7 Å². The highest BCUT2D eigenvalue weighted by Gasteiger charge is 2.38. The van der Waals surface area contributed by atoms with E-state index >= 15 is 0 Å². The molecule has 148 valence electrons. The smallest absolute Gasteiger partial charge is 0.266 e. The molecule has 3 rings (SSSR count). The fraction of sp³-hybridized carbons (Fsp3) is 0.611. The maximum absolute atomic E-state index is 13.2. The molecule has 1 aliphatic heterocycles. The lowest BCUT2D eigenvalue weighted by molar-refractivity contribution is 0.331. The summed E-state index contributed by atoms with van der Waals surface area (Å²) in [6.45, 7) is 10.2. The number of aromatic amines is 1. The highest BCUT2D eigenvalue weighted by molar-refractivity contribution is 7.89. The molecule has 3 heterocycles. The van der Waals surface area contributed by atoms with E-state index in [1.807, 2.05) is 20.8 Å². The van der Waals surface area contributed by atoms with E-state index in [-0.39, 0.29) is 28.5 Å². The summed E-state index contributed by atoms with van der Waals surface area (Å²) in [7, 11) is -3.68. The first kappa shape index (κ1) is 19.8. The number of hydrogen-bond acceptors (Lipinski definition) is 5. The van der Waals surface area contributed by atoms with Gasteiger partial charge in [-0.15, -0.1) is 0 Å². The minimum absolute atomic E-state index is 0.193. The van der Waals surface area contributed by atoms with Crippen molar-refractivity contribution in [2.45, 2.75) is 70.4 Å². The molecule has 1 aliphatic rings. The second kappa shape index (κ2) is 6.87. The van der Waals surface area contributed by atoms with Gasteiger partial charge in [0.2, 0.25) is 10.0 Å². The molecule has 0 bridgehead atoms. The van der Waals surface area contributed by atoms with Gasteiger partial charge in [-0.1, -0.05) is 20.8 Å². The van der Waals surface area contributed by atoms with Crippen molar-refractivity contribution in [1.82, 2.24) is 24.3 Å². The summed E-state index contributed by atoms with van der Waals surface area (Å²) in [4.78, 5) is 12.5. The van der Waals surface area contributed by atoms with Crippen molar-refractivity contribution in [2.24, 2.45) is 0 Å². The number of aryl methyl sites for hydroxylation is 2. The maximum atomic E-state index is 13.2. The average molecular weight is 394 g/mol. The number of aromatic nitrogens is 4. The van der Waals surface area contributed by atoms with Crippen molar-refractivity contribution < 1.29 is 8.42 Å². The van der Waals surface area contributed by atoms with Gasteiger partial charge in [-0.2, -0.15) is 14.5 Å². The van der Waals surface area contributed by atoms with Gasteiger partial charge in [0.25, 0.3) is 5.56 Å². The number of rotatable bonds is 4. The van der Waals surface area contributed by atoms with Gasteiger partial charge in [0.05, 0.1) is 23.6 Å². The van der Waals surface area contributed by atoms with E-state index in [1.165, 1.54) is 15.1 Å². The third-order valence-corrected chi connectivity index (χ3v) is 7.18. The molecule has 0 radical (unpaired) electrons. The molecule has 1 N–H and O–H groups in total. The predicted molar refractivity (Wildman–Crippen MR) is 102 cm³/mol. The molecule has 0 spiro atoms. The molecule has 9 heteroatoms. The third kappa shape index (κ3) is 3.70. The molecule has 1 atom stereocenters. The maximum Gasteiger partial charge on any atom is 0.266 e. The van der Waals surface area contributed by atoms with E-state index in [4.69, 9.17) is 0 Å². The molecule has 2 aromatic rings. The second-order valence-corrected chi connectivity index (χ2v) is 9.99. The predicted octanol–water partition coefficient (Wildman–Crippen LogP) is 1.73. The Balaban J connectivity index is 1.94. The van der Waals surface area contributed by atoms with Crippen LogP contribution in [0.4, 0.5) is 0 Å². The molecule has 1 saturated heterocycles. The van der Waals surface area contributed by atoms with E-state index in [9.17, 15) is 13.2 Å². The standard InChI is InChI=1S/C18H27N5O3S/c1-12-17(13(2)20-19-12)27(25,26)23-10-6-7-14(23)11-22-16(24)9-8-15(21-22)18(3,4)5/h8-9,14H,6-7,10-11H2,1-5H3,(H,19,20). The average Bonchev–Trinajstić information content (AvgIpc) is 3.15. The Morgan fingerprint density at radius 1 is 1.26 bits per heavy atom. The summed E-state index contributed by atoms with van der Waals surface area (Å²) >= 11 is 0. The van der Waals surface area contributed by atoms with E-state index in [2.05, 4.69) is 15.3 Å². The van der Waals surface area contributed by atoms with E-state index in [0.717, 1.165) is 12.1 Å². The Labute approximate surface area is 159 Å². The van der Waals surface area contributed by atoms with Crippen LogP contribution in [0, 0.1) is 13.8 Å². The minimum Gasteiger partial charge on any atom is -0.281 e. The van der Waals surface area contributed by atoms with Gasteiger partial charge in [-0.25, -0.2) is 13.1 Å². The van der Waals surface area contributed by atoms with Crippen LogP contribution < -0.4 is 5.56 Å². The molecular formula is C18H27N5O3S. The van der Waals surface area contributed by atoms with Gasteiger partial charge in [0, 0.05) is 24.1 Å². The lowest BCUT2D eigenvalue weighted by atomic mass is 9.92. The number of hydrogen-bond donors (Lipinski definition) is 1. The molecule has 0 amide bonds. The van der Waals surface area contributed by atoms with Crippen LogP contribution in [0.3, 0.4) is 0 Å². The normalized spacial score (nSPS) is 18.9. The van der Waals surface area contributed by atoms with Crippen molar-refractivity contribution in [3.05, 3.63) is 39.6 Å². The Hall–Kier alpha value is -2.00. The van der Waals surface area contributed by atoms with E-state index < -0.39 is 10.0 Å². The van der Waals surface area contributed by atoms with Gasteiger partial charge in [0.15, 0.2) is 0 Å². The van der Waals surface area contributed by atoms with Gasteiger partial charge >= 0.3 is 0 Å². The number of sulfonamides is 1. The number of H-pyrrole nitrogens is 1. The molecule has 2 aromatic heterocycles. The zero-order valence-corrected chi connectivity index (χ0v) is 17.3. The fourth-order valence-corrected chi connectivity index (χ4v) is 5.55. The summed E-state index contributed by atoms with van der Waals surface area (Å²) in [5.41, 5.74) is 1.38. The van der Waals surface area contributed by atoms with Crippen LogP contribution >= 0.6 is 0 Å². The van der Waals surface area contributed by atoms with Crippen molar-refractivity contribution in [2.75, 3.05) is 6.54 Å². The zero-order chi connectivity index (χ0) is 20.0. The minimum atomic E-state index is -3.68. The molecule has 8 nitrogen and oxygen atoms in total. The summed E-state index contributed by atoms with van der Waals surface area (Å²) in [6, 6.07) is 2.94. The first-order valence-corrected chi connectivity index (χ1v) is 10.6. The largest absolute Gasteiger partial charge is 0.281 e. The molecular weight excluding hydrogens is 366 g/mol. The van der Waals surface area contributed by atoms with Crippen LogP contribution in [0.2, 0.25) is 0 Å². The molecule has 1 unspecified atom stereocenters.